The fraction of sp³-hybridized carbons (Fsp3) is 0.438. The van der Waals surface area contributed by atoms with Crippen molar-refractivity contribution in [3.05, 3.63) is 29.5 Å². The van der Waals surface area contributed by atoms with Gasteiger partial charge in [-0.1, -0.05) is 19.1 Å². The third-order valence-corrected chi connectivity index (χ3v) is 4.16. The molecule has 0 saturated carbocycles. The molecule has 1 amide bonds. The van der Waals surface area contributed by atoms with Crippen molar-refractivity contribution in [3.63, 3.8) is 0 Å². The van der Waals surface area contributed by atoms with Crippen LogP contribution in [0, 0.1) is 12.8 Å². The van der Waals surface area contributed by atoms with E-state index < -0.39 is 0 Å². The summed E-state index contributed by atoms with van der Waals surface area (Å²) in [5, 5.41) is 0.945. The van der Waals surface area contributed by atoms with Crippen LogP contribution in [0.15, 0.2) is 22.6 Å². The largest absolute Gasteiger partial charge is 0.493 e. The number of furan rings is 1. The monoisotopic (exact) mass is 273 g/mol. The van der Waals surface area contributed by atoms with Crippen LogP contribution in [-0.2, 0) is 0 Å². The number of para-hydroxylation sites is 1. The highest BCUT2D eigenvalue weighted by molar-refractivity contribution is 6.00. The first-order valence-corrected chi connectivity index (χ1v) is 7.01. The van der Waals surface area contributed by atoms with Gasteiger partial charge in [-0.2, -0.15) is 0 Å². The standard InChI is InChI=1S/C16H19NO3/c1-4-11-8-17(9-11)16(18)14-10(2)12-6-5-7-13(19-3)15(12)20-14/h5-7,11H,4,8-9H2,1-3H3. The van der Waals surface area contributed by atoms with Crippen LogP contribution >= 0.6 is 0 Å². The molecule has 20 heavy (non-hydrogen) atoms. The van der Waals surface area contributed by atoms with Crippen LogP contribution < -0.4 is 4.74 Å². The SMILES string of the molecule is CCC1CN(C(=O)c2oc3c(OC)cccc3c2C)C1. The number of carbonyl (C=O) groups is 1. The Kier molecular flexibility index (Phi) is 3.16. The van der Waals surface area contributed by atoms with Gasteiger partial charge in [0, 0.05) is 24.0 Å². The van der Waals surface area contributed by atoms with E-state index in [1.54, 1.807) is 7.11 Å². The number of fused-ring (bicyclic) bond motifs is 1. The fourth-order valence-electron chi connectivity index (χ4n) is 2.72. The number of amides is 1. The van der Waals surface area contributed by atoms with Crippen molar-refractivity contribution in [2.24, 2.45) is 5.92 Å². The predicted octanol–water partition coefficient (Wildman–Crippen LogP) is 3.23. The van der Waals surface area contributed by atoms with Gasteiger partial charge in [0.05, 0.1) is 7.11 Å². The van der Waals surface area contributed by atoms with Gasteiger partial charge in [-0.25, -0.2) is 0 Å². The number of aryl methyl sites for hydroxylation is 1. The predicted molar refractivity (Wildman–Crippen MR) is 77.2 cm³/mol. The summed E-state index contributed by atoms with van der Waals surface area (Å²) in [6.45, 7) is 5.76. The topological polar surface area (TPSA) is 42.7 Å². The number of carbonyl (C=O) groups excluding carboxylic acids is 1. The lowest BCUT2D eigenvalue weighted by molar-refractivity contribution is 0.0464. The van der Waals surface area contributed by atoms with Gasteiger partial charge in [0.15, 0.2) is 17.1 Å². The zero-order valence-electron chi connectivity index (χ0n) is 12.1. The number of hydrogen-bond donors (Lipinski definition) is 0. The highest BCUT2D eigenvalue weighted by Gasteiger charge is 2.33. The molecule has 1 aliphatic heterocycles. The number of methoxy groups -OCH3 is 1. The van der Waals surface area contributed by atoms with Gasteiger partial charge in [0.1, 0.15) is 0 Å². The Morgan fingerprint density at radius 2 is 2.20 bits per heavy atom. The second-order valence-corrected chi connectivity index (χ2v) is 5.38. The van der Waals surface area contributed by atoms with Crippen molar-refractivity contribution < 1.29 is 13.9 Å². The summed E-state index contributed by atoms with van der Waals surface area (Å²) in [4.78, 5) is 14.3. The third kappa shape index (κ3) is 1.87. The molecule has 0 bridgehead atoms. The lowest BCUT2D eigenvalue weighted by Crippen LogP contribution is -2.49. The summed E-state index contributed by atoms with van der Waals surface area (Å²) in [6, 6.07) is 5.71. The summed E-state index contributed by atoms with van der Waals surface area (Å²) in [5.74, 6) is 1.74. The van der Waals surface area contributed by atoms with Crippen LogP contribution in [0.4, 0.5) is 0 Å². The average molecular weight is 273 g/mol. The fourth-order valence-corrected chi connectivity index (χ4v) is 2.72. The molecule has 2 aromatic rings. The molecular formula is C16H19NO3. The van der Waals surface area contributed by atoms with Gasteiger partial charge in [-0.05, 0) is 25.3 Å². The first kappa shape index (κ1) is 13.0. The molecule has 1 fully saturated rings. The maximum Gasteiger partial charge on any atom is 0.289 e. The minimum Gasteiger partial charge on any atom is -0.493 e. The summed E-state index contributed by atoms with van der Waals surface area (Å²) in [5.41, 5.74) is 1.55. The van der Waals surface area contributed by atoms with E-state index in [-0.39, 0.29) is 5.91 Å². The second kappa shape index (κ2) is 4.85. The summed E-state index contributed by atoms with van der Waals surface area (Å²) in [7, 11) is 1.61. The van der Waals surface area contributed by atoms with Gasteiger partial charge in [0.25, 0.3) is 5.91 Å². The van der Waals surface area contributed by atoms with E-state index >= 15 is 0 Å². The van der Waals surface area contributed by atoms with Crippen LogP contribution in [0.25, 0.3) is 11.0 Å². The summed E-state index contributed by atoms with van der Waals surface area (Å²) in [6.07, 6.45) is 1.12. The Morgan fingerprint density at radius 3 is 2.85 bits per heavy atom. The maximum atomic E-state index is 12.5. The molecular weight excluding hydrogens is 254 g/mol. The van der Waals surface area contributed by atoms with E-state index in [0.717, 1.165) is 30.5 Å². The Morgan fingerprint density at radius 1 is 1.45 bits per heavy atom. The molecule has 0 spiro atoms. The molecule has 2 heterocycles. The van der Waals surface area contributed by atoms with Crippen molar-refractivity contribution in [2.75, 3.05) is 20.2 Å². The van der Waals surface area contributed by atoms with E-state index in [2.05, 4.69) is 6.92 Å². The van der Waals surface area contributed by atoms with Gasteiger partial charge < -0.3 is 14.1 Å². The smallest absolute Gasteiger partial charge is 0.289 e. The number of benzene rings is 1. The van der Waals surface area contributed by atoms with Crippen LogP contribution in [-0.4, -0.2) is 31.0 Å². The minimum absolute atomic E-state index is 0.00884. The summed E-state index contributed by atoms with van der Waals surface area (Å²) < 4.78 is 11.1. The zero-order chi connectivity index (χ0) is 14.3. The van der Waals surface area contributed by atoms with E-state index in [1.165, 1.54) is 0 Å². The molecule has 4 nitrogen and oxygen atoms in total. The molecule has 0 atom stereocenters. The molecule has 0 radical (unpaired) electrons. The molecule has 4 heteroatoms. The number of hydrogen-bond acceptors (Lipinski definition) is 3. The van der Waals surface area contributed by atoms with Crippen molar-refractivity contribution in [3.8, 4) is 5.75 Å². The molecule has 0 unspecified atom stereocenters. The Bertz CT molecular complexity index is 653. The van der Waals surface area contributed by atoms with Crippen molar-refractivity contribution >= 4 is 16.9 Å². The Balaban J connectivity index is 1.96. The first-order valence-electron chi connectivity index (χ1n) is 7.01. The lowest BCUT2D eigenvalue weighted by atomic mass is 9.97. The number of rotatable bonds is 3. The molecule has 3 rings (SSSR count). The molecule has 1 aromatic heterocycles. The normalized spacial score (nSPS) is 15.4. The van der Waals surface area contributed by atoms with Gasteiger partial charge in [-0.15, -0.1) is 0 Å². The van der Waals surface area contributed by atoms with E-state index in [1.807, 2.05) is 30.0 Å². The van der Waals surface area contributed by atoms with Crippen LogP contribution in [0.2, 0.25) is 0 Å². The lowest BCUT2D eigenvalue weighted by Gasteiger charge is -2.38. The average Bonchev–Trinajstić information content (AvgIpc) is 2.75. The zero-order valence-corrected chi connectivity index (χ0v) is 12.1. The van der Waals surface area contributed by atoms with E-state index in [4.69, 9.17) is 9.15 Å². The quantitative estimate of drug-likeness (QED) is 0.862. The van der Waals surface area contributed by atoms with Crippen molar-refractivity contribution in [2.45, 2.75) is 20.3 Å². The highest BCUT2D eigenvalue weighted by atomic mass is 16.5. The highest BCUT2D eigenvalue weighted by Crippen LogP contribution is 2.33. The first-order chi connectivity index (χ1) is 9.65. The molecule has 1 aromatic carbocycles. The van der Waals surface area contributed by atoms with Gasteiger partial charge >= 0.3 is 0 Å². The Labute approximate surface area is 118 Å². The number of nitrogens with zero attached hydrogens (tertiary/aromatic N) is 1. The van der Waals surface area contributed by atoms with Gasteiger partial charge in [0.2, 0.25) is 0 Å². The maximum absolute atomic E-state index is 12.5. The van der Waals surface area contributed by atoms with E-state index in [0.29, 0.717) is 23.0 Å². The number of ether oxygens (including phenoxy) is 1. The number of likely N-dealkylation sites (tertiary alicyclic amines) is 1. The Hall–Kier alpha value is -1.97. The molecule has 106 valence electrons. The van der Waals surface area contributed by atoms with Crippen molar-refractivity contribution in [1.29, 1.82) is 0 Å². The molecule has 0 aliphatic carbocycles. The van der Waals surface area contributed by atoms with Crippen LogP contribution in [0.3, 0.4) is 0 Å². The molecule has 1 aliphatic rings. The summed E-state index contributed by atoms with van der Waals surface area (Å²) >= 11 is 0. The van der Waals surface area contributed by atoms with E-state index in [9.17, 15) is 4.79 Å². The van der Waals surface area contributed by atoms with Crippen molar-refractivity contribution in [1.82, 2.24) is 4.90 Å². The third-order valence-electron chi connectivity index (χ3n) is 4.16. The van der Waals surface area contributed by atoms with Gasteiger partial charge in [-0.3, -0.25) is 4.79 Å². The molecule has 0 N–H and O–H groups in total. The van der Waals surface area contributed by atoms with Crippen LogP contribution in [0.1, 0.15) is 29.5 Å². The van der Waals surface area contributed by atoms with Crippen LogP contribution in [0.5, 0.6) is 5.75 Å². The molecule has 1 saturated heterocycles. The minimum atomic E-state index is -0.00884. The second-order valence-electron chi connectivity index (χ2n) is 5.38.